The van der Waals surface area contributed by atoms with E-state index < -0.39 is 22.4 Å². The van der Waals surface area contributed by atoms with Crippen LogP contribution in [0.4, 0.5) is 18.9 Å². The minimum Gasteiger partial charge on any atom is -0.314 e. The first-order valence-electron chi connectivity index (χ1n) is 6.77. The zero-order valence-corrected chi connectivity index (χ0v) is 12.2. The fourth-order valence-electron chi connectivity index (χ4n) is 2.06. The molecular weight excluding hydrogens is 285 g/mol. The highest BCUT2D eigenvalue weighted by molar-refractivity contribution is 5.45. The van der Waals surface area contributed by atoms with Crippen molar-refractivity contribution in [3.8, 4) is 0 Å². The first kappa shape index (κ1) is 17.4. The molecule has 1 rings (SSSR count). The molecule has 0 amide bonds. The van der Waals surface area contributed by atoms with Crippen LogP contribution in [0.3, 0.4) is 0 Å². The molecule has 0 aliphatic carbocycles. The van der Waals surface area contributed by atoms with Crippen molar-refractivity contribution in [3.05, 3.63) is 39.4 Å². The van der Waals surface area contributed by atoms with Crippen LogP contribution in [0.25, 0.3) is 0 Å². The van der Waals surface area contributed by atoms with Gasteiger partial charge < -0.3 is 5.32 Å². The lowest BCUT2D eigenvalue weighted by molar-refractivity contribution is -0.388. The van der Waals surface area contributed by atoms with Gasteiger partial charge in [0.15, 0.2) is 0 Å². The van der Waals surface area contributed by atoms with Crippen LogP contribution in [0.5, 0.6) is 0 Å². The number of nitro groups is 1. The average molecular weight is 304 g/mol. The van der Waals surface area contributed by atoms with Crippen molar-refractivity contribution in [1.82, 2.24) is 5.32 Å². The van der Waals surface area contributed by atoms with Crippen LogP contribution in [0.2, 0.25) is 0 Å². The molecule has 0 spiro atoms. The minimum absolute atomic E-state index is 0.0208. The van der Waals surface area contributed by atoms with E-state index in [0.717, 1.165) is 25.1 Å². The number of alkyl halides is 3. The Hall–Kier alpha value is -1.63. The summed E-state index contributed by atoms with van der Waals surface area (Å²) in [6.45, 7) is 6.45. The Bertz CT molecular complexity index is 503. The molecule has 0 aliphatic rings. The third-order valence-electron chi connectivity index (χ3n) is 3.51. The van der Waals surface area contributed by atoms with Crippen molar-refractivity contribution in [2.24, 2.45) is 0 Å². The van der Waals surface area contributed by atoms with Crippen molar-refractivity contribution in [1.29, 1.82) is 0 Å². The van der Waals surface area contributed by atoms with Crippen LogP contribution < -0.4 is 5.32 Å². The first-order chi connectivity index (χ1) is 9.68. The number of hydrogen-bond acceptors (Lipinski definition) is 3. The van der Waals surface area contributed by atoms with Crippen molar-refractivity contribution in [3.63, 3.8) is 0 Å². The molecular formula is C14H19F3N2O2. The summed E-state index contributed by atoms with van der Waals surface area (Å²) in [6, 6.07) is 3.18. The highest BCUT2D eigenvalue weighted by Crippen LogP contribution is 2.38. The van der Waals surface area contributed by atoms with E-state index in [9.17, 15) is 23.3 Å². The molecule has 2 unspecified atom stereocenters. The van der Waals surface area contributed by atoms with Crippen LogP contribution >= 0.6 is 0 Å². The van der Waals surface area contributed by atoms with E-state index in [1.54, 1.807) is 6.92 Å². The SMILES string of the molecule is CCCNC(C)C(C)c1ccc([N+](=O)[O-])c(C(F)(F)F)c1. The van der Waals surface area contributed by atoms with E-state index in [1.807, 2.05) is 13.8 Å². The summed E-state index contributed by atoms with van der Waals surface area (Å²) >= 11 is 0. The summed E-state index contributed by atoms with van der Waals surface area (Å²) in [6.07, 6.45) is -3.82. The van der Waals surface area contributed by atoms with Crippen LogP contribution in [-0.2, 0) is 6.18 Å². The Morgan fingerprint density at radius 3 is 2.43 bits per heavy atom. The van der Waals surface area contributed by atoms with Gasteiger partial charge in [-0.25, -0.2) is 0 Å². The summed E-state index contributed by atoms with van der Waals surface area (Å²) < 4.78 is 38.8. The van der Waals surface area contributed by atoms with E-state index in [2.05, 4.69) is 5.32 Å². The molecule has 0 bridgehead atoms. The lowest BCUT2D eigenvalue weighted by atomic mass is 9.92. The molecule has 0 fully saturated rings. The second-order valence-electron chi connectivity index (χ2n) is 5.06. The van der Waals surface area contributed by atoms with Crippen molar-refractivity contribution in [2.75, 3.05) is 6.54 Å². The fourth-order valence-corrected chi connectivity index (χ4v) is 2.06. The standard InChI is InChI=1S/C14H19F3N2O2/c1-4-7-18-10(3)9(2)11-5-6-13(19(20)21)12(8-11)14(15,16)17/h5-6,8-10,18H,4,7H2,1-3H3. The second kappa shape index (κ2) is 6.89. The van der Waals surface area contributed by atoms with Crippen molar-refractivity contribution in [2.45, 2.75) is 45.3 Å². The molecule has 7 heteroatoms. The van der Waals surface area contributed by atoms with Crippen molar-refractivity contribution < 1.29 is 18.1 Å². The molecule has 1 aromatic carbocycles. The lowest BCUT2D eigenvalue weighted by Crippen LogP contribution is -2.31. The third kappa shape index (κ3) is 4.42. The predicted octanol–water partition coefficient (Wildman–Crippen LogP) is 4.11. The number of rotatable bonds is 6. The predicted molar refractivity (Wildman–Crippen MR) is 74.3 cm³/mol. The summed E-state index contributed by atoms with van der Waals surface area (Å²) in [5.41, 5.74) is -1.67. The quantitative estimate of drug-likeness (QED) is 0.635. The number of halogens is 3. The highest BCUT2D eigenvalue weighted by atomic mass is 19.4. The number of benzene rings is 1. The second-order valence-corrected chi connectivity index (χ2v) is 5.06. The highest BCUT2D eigenvalue weighted by Gasteiger charge is 2.38. The maximum atomic E-state index is 12.9. The van der Waals surface area contributed by atoms with Gasteiger partial charge in [0.2, 0.25) is 0 Å². The number of nitro benzene ring substituents is 1. The van der Waals surface area contributed by atoms with Crippen LogP contribution in [0.1, 0.15) is 44.2 Å². The molecule has 1 N–H and O–H groups in total. The topological polar surface area (TPSA) is 55.2 Å². The molecule has 0 aromatic heterocycles. The van der Waals surface area contributed by atoms with E-state index in [0.29, 0.717) is 5.56 Å². The molecule has 4 nitrogen and oxygen atoms in total. The zero-order valence-electron chi connectivity index (χ0n) is 12.2. The number of nitrogens with zero attached hydrogens (tertiary/aromatic N) is 1. The molecule has 1 aromatic rings. The van der Waals surface area contributed by atoms with Gasteiger partial charge in [-0.3, -0.25) is 10.1 Å². The number of hydrogen-bond donors (Lipinski definition) is 1. The molecule has 21 heavy (non-hydrogen) atoms. The molecule has 2 atom stereocenters. The van der Waals surface area contributed by atoms with E-state index in [1.165, 1.54) is 6.07 Å². The summed E-state index contributed by atoms with van der Waals surface area (Å²) in [7, 11) is 0. The monoisotopic (exact) mass is 304 g/mol. The smallest absolute Gasteiger partial charge is 0.314 e. The third-order valence-corrected chi connectivity index (χ3v) is 3.51. The van der Waals surface area contributed by atoms with E-state index >= 15 is 0 Å². The van der Waals surface area contributed by atoms with Gasteiger partial charge in [-0.2, -0.15) is 13.2 Å². The molecule has 0 saturated heterocycles. The normalized spacial score (nSPS) is 14.8. The molecule has 0 aliphatic heterocycles. The van der Waals surface area contributed by atoms with Gasteiger partial charge in [-0.05, 0) is 37.4 Å². The van der Waals surface area contributed by atoms with E-state index in [4.69, 9.17) is 0 Å². The fraction of sp³-hybridized carbons (Fsp3) is 0.571. The summed E-state index contributed by atoms with van der Waals surface area (Å²) in [4.78, 5) is 9.71. The van der Waals surface area contributed by atoms with Crippen LogP contribution in [0, 0.1) is 10.1 Å². The van der Waals surface area contributed by atoms with Gasteiger partial charge in [0, 0.05) is 12.1 Å². The Kier molecular flexibility index (Phi) is 5.71. The Morgan fingerprint density at radius 1 is 1.33 bits per heavy atom. The Labute approximate surface area is 121 Å². The molecule has 118 valence electrons. The number of nitrogens with one attached hydrogen (secondary N) is 1. The van der Waals surface area contributed by atoms with Crippen molar-refractivity contribution >= 4 is 5.69 Å². The van der Waals surface area contributed by atoms with Gasteiger partial charge in [-0.15, -0.1) is 0 Å². The Balaban J connectivity index is 3.13. The van der Waals surface area contributed by atoms with Crippen LogP contribution in [0.15, 0.2) is 18.2 Å². The molecule has 0 heterocycles. The van der Waals surface area contributed by atoms with Gasteiger partial charge in [0.1, 0.15) is 5.56 Å². The minimum atomic E-state index is -4.74. The largest absolute Gasteiger partial charge is 0.423 e. The maximum absolute atomic E-state index is 12.9. The average Bonchev–Trinajstić information content (AvgIpc) is 2.42. The first-order valence-corrected chi connectivity index (χ1v) is 6.77. The van der Waals surface area contributed by atoms with Gasteiger partial charge in [-0.1, -0.05) is 19.9 Å². The van der Waals surface area contributed by atoms with Gasteiger partial charge >= 0.3 is 6.18 Å². The summed E-state index contributed by atoms with van der Waals surface area (Å²) in [5, 5.41) is 13.9. The molecule has 0 radical (unpaired) electrons. The summed E-state index contributed by atoms with van der Waals surface area (Å²) in [5.74, 6) is -0.182. The zero-order chi connectivity index (χ0) is 16.2. The Morgan fingerprint density at radius 2 is 1.95 bits per heavy atom. The van der Waals surface area contributed by atoms with Crippen LogP contribution in [-0.4, -0.2) is 17.5 Å². The maximum Gasteiger partial charge on any atom is 0.423 e. The van der Waals surface area contributed by atoms with Gasteiger partial charge in [0.05, 0.1) is 4.92 Å². The molecule has 0 saturated carbocycles. The van der Waals surface area contributed by atoms with E-state index in [-0.39, 0.29) is 12.0 Å². The van der Waals surface area contributed by atoms with Gasteiger partial charge in [0.25, 0.3) is 5.69 Å². The lowest BCUT2D eigenvalue weighted by Gasteiger charge is -2.22.